The highest BCUT2D eigenvalue weighted by molar-refractivity contribution is 9.09. The number of carbonyl (C=O) groups is 2. The van der Waals surface area contributed by atoms with Crippen LogP contribution in [-0.4, -0.2) is 33.4 Å². The molecule has 0 saturated heterocycles. The van der Waals surface area contributed by atoms with E-state index in [2.05, 4.69) is 25.8 Å². The van der Waals surface area contributed by atoms with Crippen LogP contribution >= 0.6 is 15.9 Å². The van der Waals surface area contributed by atoms with E-state index in [-0.39, 0.29) is 11.8 Å². The first-order valence-electron chi connectivity index (χ1n) is 9.91. The second-order valence-corrected chi connectivity index (χ2v) is 8.30. The lowest BCUT2D eigenvalue weighted by atomic mass is 9.94. The van der Waals surface area contributed by atoms with E-state index in [1.54, 1.807) is 7.11 Å². The number of para-hydroxylation sites is 1. The number of ether oxygens (including phenoxy) is 1. The summed E-state index contributed by atoms with van der Waals surface area (Å²) in [5.74, 6) is -0.00812. The van der Waals surface area contributed by atoms with Gasteiger partial charge in [-0.2, -0.15) is 0 Å². The van der Waals surface area contributed by atoms with E-state index in [9.17, 15) is 9.59 Å². The van der Waals surface area contributed by atoms with Crippen LogP contribution < -0.4 is 10.1 Å². The molecule has 1 N–H and O–H groups in total. The Labute approximate surface area is 187 Å². The van der Waals surface area contributed by atoms with E-state index in [0.717, 1.165) is 50.6 Å². The third-order valence-corrected chi connectivity index (χ3v) is 6.14. The number of halogens is 1. The number of methoxy groups -OCH3 is 1. The van der Waals surface area contributed by atoms with Gasteiger partial charge in [0.25, 0.3) is 11.8 Å². The summed E-state index contributed by atoms with van der Waals surface area (Å²) in [4.78, 5) is 26.0. The Morgan fingerprint density at radius 3 is 2.55 bits per heavy atom. The number of aryl methyl sites for hydroxylation is 2. The smallest absolute Gasteiger partial charge is 0.259 e. The second kappa shape index (κ2) is 7.42. The van der Waals surface area contributed by atoms with Gasteiger partial charge >= 0.3 is 0 Å². The van der Waals surface area contributed by atoms with Crippen molar-refractivity contribution in [1.29, 1.82) is 0 Å². The average molecular weight is 478 g/mol. The van der Waals surface area contributed by atoms with Gasteiger partial charge in [-0.25, -0.2) is 0 Å². The molecule has 3 heterocycles. The van der Waals surface area contributed by atoms with E-state index >= 15 is 0 Å². The highest BCUT2D eigenvalue weighted by Gasteiger charge is 2.35. The van der Waals surface area contributed by atoms with Gasteiger partial charge in [-0.15, -0.1) is 0 Å². The predicted octanol–water partition coefficient (Wildman–Crippen LogP) is 4.10. The van der Waals surface area contributed by atoms with Crippen molar-refractivity contribution >= 4 is 60.7 Å². The monoisotopic (exact) mass is 477 g/mol. The molecule has 0 radical (unpaired) electrons. The minimum absolute atomic E-state index is 0.372. The second-order valence-electron chi connectivity index (χ2n) is 7.51. The van der Waals surface area contributed by atoms with Crippen molar-refractivity contribution in [3.05, 3.63) is 66.0 Å². The number of aromatic nitrogens is 2. The van der Waals surface area contributed by atoms with Crippen molar-refractivity contribution < 1.29 is 14.3 Å². The molecule has 1 aliphatic rings. The Bertz CT molecular complexity index is 1410. The van der Waals surface area contributed by atoms with Gasteiger partial charge in [0.15, 0.2) is 0 Å². The van der Waals surface area contributed by atoms with E-state index < -0.39 is 0 Å². The topological polar surface area (TPSA) is 65.3 Å². The molecule has 1 aliphatic heterocycles. The quantitative estimate of drug-likeness (QED) is 0.347. The molecular formula is C24H20BrN3O3. The van der Waals surface area contributed by atoms with Gasteiger partial charge in [0, 0.05) is 59.3 Å². The molecule has 0 atom stereocenters. The maximum atomic E-state index is 13.0. The van der Waals surface area contributed by atoms with Gasteiger partial charge in [-0.1, -0.05) is 34.1 Å². The zero-order valence-corrected chi connectivity index (χ0v) is 18.7. The molecule has 0 fully saturated rings. The predicted molar refractivity (Wildman–Crippen MR) is 125 cm³/mol. The highest BCUT2D eigenvalue weighted by Crippen LogP contribution is 2.39. The maximum Gasteiger partial charge on any atom is 0.259 e. The number of nitrogens with zero attached hydrogens (tertiary/aromatic N) is 2. The molecule has 0 unspecified atom stereocenters. The zero-order valence-electron chi connectivity index (χ0n) is 17.1. The summed E-state index contributed by atoms with van der Waals surface area (Å²) in [6.45, 7) is 0.717. The Balaban J connectivity index is 1.84. The van der Waals surface area contributed by atoms with Crippen LogP contribution in [0.5, 0.6) is 5.75 Å². The first-order valence-corrected chi connectivity index (χ1v) is 11.0. The number of nitrogens with one attached hydrogen (secondary N) is 1. The fraction of sp³-hybridized carbons (Fsp3) is 0.167. The molecule has 0 spiro atoms. The standard InChI is InChI=1S/C24H20BrN3O3/c1-27-10-8-14-4-3-5-17(22(14)27)20-21(24(30)26-23(20)29)18-13-28(11-9-25)19-12-15(31-2)6-7-16(18)19/h3-8,10,12-13H,9,11H2,1-2H3,(H,26,29,30). The third kappa shape index (κ3) is 2.99. The fourth-order valence-corrected chi connectivity index (χ4v) is 4.78. The number of carbonyl (C=O) groups excluding carboxylic acids is 2. The minimum Gasteiger partial charge on any atom is -0.497 e. The van der Waals surface area contributed by atoms with Gasteiger partial charge < -0.3 is 13.9 Å². The van der Waals surface area contributed by atoms with Gasteiger partial charge in [0.1, 0.15) is 5.75 Å². The first kappa shape index (κ1) is 19.6. The maximum absolute atomic E-state index is 13.0. The lowest BCUT2D eigenvalue weighted by Gasteiger charge is -2.08. The molecule has 5 rings (SSSR count). The molecule has 0 saturated carbocycles. The number of fused-ring (bicyclic) bond motifs is 2. The Morgan fingerprint density at radius 2 is 1.81 bits per heavy atom. The summed E-state index contributed by atoms with van der Waals surface area (Å²) in [6.07, 6.45) is 3.90. The molecule has 7 heteroatoms. The van der Waals surface area contributed by atoms with Crippen molar-refractivity contribution in [3.8, 4) is 5.75 Å². The summed E-state index contributed by atoms with van der Waals surface area (Å²) in [5, 5.41) is 5.19. The largest absolute Gasteiger partial charge is 0.497 e. The summed E-state index contributed by atoms with van der Waals surface area (Å²) in [5.41, 5.74) is 4.17. The molecule has 2 amide bonds. The zero-order chi connectivity index (χ0) is 21.7. The van der Waals surface area contributed by atoms with Crippen molar-refractivity contribution in [2.75, 3.05) is 12.4 Å². The number of rotatable bonds is 5. The van der Waals surface area contributed by atoms with Crippen LogP contribution in [0.1, 0.15) is 11.1 Å². The Morgan fingerprint density at radius 1 is 1.03 bits per heavy atom. The molecule has 0 bridgehead atoms. The molecule has 2 aromatic carbocycles. The fourth-order valence-electron chi connectivity index (χ4n) is 4.40. The highest BCUT2D eigenvalue weighted by atomic mass is 79.9. The van der Waals surface area contributed by atoms with Crippen LogP contribution in [0.3, 0.4) is 0 Å². The average Bonchev–Trinajstić information content (AvgIpc) is 3.41. The van der Waals surface area contributed by atoms with Gasteiger partial charge in [0.2, 0.25) is 0 Å². The van der Waals surface area contributed by atoms with Gasteiger partial charge in [-0.3, -0.25) is 14.9 Å². The number of hydrogen-bond donors (Lipinski definition) is 1. The van der Waals surface area contributed by atoms with Crippen LogP contribution in [0.25, 0.3) is 33.0 Å². The number of benzene rings is 2. The summed E-state index contributed by atoms with van der Waals surface area (Å²) < 4.78 is 9.45. The number of imide groups is 1. The number of hydrogen-bond acceptors (Lipinski definition) is 3. The van der Waals surface area contributed by atoms with Crippen LogP contribution in [0, 0.1) is 0 Å². The molecule has 4 aromatic rings. The van der Waals surface area contributed by atoms with E-state index in [1.807, 2.05) is 66.5 Å². The number of alkyl halides is 1. The lowest BCUT2D eigenvalue weighted by Crippen LogP contribution is -2.22. The Kier molecular flexibility index (Phi) is 4.70. The third-order valence-electron chi connectivity index (χ3n) is 5.78. The van der Waals surface area contributed by atoms with Crippen molar-refractivity contribution in [2.45, 2.75) is 6.54 Å². The van der Waals surface area contributed by atoms with Crippen LogP contribution in [0.2, 0.25) is 0 Å². The van der Waals surface area contributed by atoms with Crippen molar-refractivity contribution in [3.63, 3.8) is 0 Å². The van der Waals surface area contributed by atoms with Crippen molar-refractivity contribution in [2.24, 2.45) is 7.05 Å². The molecule has 31 heavy (non-hydrogen) atoms. The molecule has 6 nitrogen and oxygen atoms in total. The van der Waals surface area contributed by atoms with Gasteiger partial charge in [0.05, 0.1) is 29.3 Å². The van der Waals surface area contributed by atoms with Crippen LogP contribution in [-0.2, 0) is 23.2 Å². The molecule has 0 aliphatic carbocycles. The van der Waals surface area contributed by atoms with Crippen LogP contribution in [0.4, 0.5) is 0 Å². The molecule has 2 aromatic heterocycles. The SMILES string of the molecule is COc1ccc2c(C3=C(c4cccc5ccn(C)c45)C(=O)NC3=O)cn(CCBr)c2c1. The lowest BCUT2D eigenvalue weighted by molar-refractivity contribution is -0.122. The normalized spacial score (nSPS) is 14.2. The number of amides is 2. The summed E-state index contributed by atoms with van der Waals surface area (Å²) >= 11 is 3.50. The molecular weight excluding hydrogens is 458 g/mol. The van der Waals surface area contributed by atoms with E-state index in [1.165, 1.54) is 0 Å². The van der Waals surface area contributed by atoms with Gasteiger partial charge in [-0.05, 0) is 18.2 Å². The summed E-state index contributed by atoms with van der Waals surface area (Å²) in [6, 6.07) is 13.6. The first-order chi connectivity index (χ1) is 15.0. The molecule has 156 valence electrons. The van der Waals surface area contributed by atoms with E-state index in [4.69, 9.17) is 4.74 Å². The Hall–Kier alpha value is -3.32. The summed E-state index contributed by atoms with van der Waals surface area (Å²) in [7, 11) is 3.57. The van der Waals surface area contributed by atoms with E-state index in [0.29, 0.717) is 11.1 Å². The van der Waals surface area contributed by atoms with Crippen molar-refractivity contribution in [1.82, 2.24) is 14.5 Å². The van der Waals surface area contributed by atoms with Crippen LogP contribution in [0.15, 0.2) is 54.9 Å². The minimum atomic E-state index is -0.375.